The predicted octanol–water partition coefficient (Wildman–Crippen LogP) is 3.53. The minimum Gasteiger partial charge on any atom is -0.478 e. The number of nitrogens with one attached hydrogen (secondary N) is 1. The molecular formula is C13H21NO2Si. The Kier molecular flexibility index (Phi) is 4.75. The number of hydrogen-bond acceptors (Lipinski definition) is 2. The fourth-order valence-electron chi connectivity index (χ4n) is 1.58. The van der Waals surface area contributed by atoms with Crippen molar-refractivity contribution in [2.45, 2.75) is 32.1 Å². The highest BCUT2D eigenvalue weighted by Crippen LogP contribution is 2.13. The second kappa shape index (κ2) is 5.86. The number of carboxylic acids is 1. The average molecular weight is 251 g/mol. The molecule has 0 aliphatic heterocycles. The molecule has 0 unspecified atom stereocenters. The summed E-state index contributed by atoms with van der Waals surface area (Å²) in [6, 6.07) is 8.20. The number of anilines is 1. The van der Waals surface area contributed by atoms with E-state index in [0.29, 0.717) is 5.56 Å². The number of carboxylic acid groups (broad SMARTS) is 1. The van der Waals surface area contributed by atoms with E-state index in [2.05, 4.69) is 25.0 Å². The topological polar surface area (TPSA) is 49.3 Å². The molecule has 0 bridgehead atoms. The molecule has 3 nitrogen and oxygen atoms in total. The van der Waals surface area contributed by atoms with Crippen LogP contribution in [0.5, 0.6) is 0 Å². The first-order chi connectivity index (χ1) is 7.88. The molecule has 0 aliphatic rings. The third-order valence-electron chi connectivity index (χ3n) is 2.56. The standard InChI is InChI=1S/C13H21NO2Si/c1-17(2,3)10-4-9-14-12-7-5-11(6-8-12)13(15)16/h5-8,14H,4,9-10H2,1-3H3,(H,15,16). The molecule has 0 radical (unpaired) electrons. The van der Waals surface area contributed by atoms with E-state index in [4.69, 9.17) is 5.11 Å². The molecule has 1 aromatic rings. The van der Waals surface area contributed by atoms with Crippen LogP contribution in [-0.2, 0) is 0 Å². The summed E-state index contributed by atoms with van der Waals surface area (Å²) in [6.45, 7) is 8.06. The smallest absolute Gasteiger partial charge is 0.335 e. The first kappa shape index (κ1) is 13.8. The van der Waals surface area contributed by atoms with Crippen LogP contribution in [0, 0.1) is 0 Å². The molecule has 0 saturated heterocycles. The van der Waals surface area contributed by atoms with Crippen molar-refractivity contribution in [2.24, 2.45) is 0 Å². The molecule has 0 amide bonds. The fourth-order valence-corrected chi connectivity index (χ4v) is 2.82. The van der Waals surface area contributed by atoms with Crippen LogP contribution in [0.2, 0.25) is 25.7 Å². The van der Waals surface area contributed by atoms with Gasteiger partial charge < -0.3 is 10.4 Å². The van der Waals surface area contributed by atoms with Crippen molar-refractivity contribution in [3.8, 4) is 0 Å². The van der Waals surface area contributed by atoms with Crippen LogP contribution in [0.15, 0.2) is 24.3 Å². The lowest BCUT2D eigenvalue weighted by atomic mass is 10.2. The predicted molar refractivity (Wildman–Crippen MR) is 74.7 cm³/mol. The fraction of sp³-hybridized carbons (Fsp3) is 0.462. The van der Waals surface area contributed by atoms with Crippen molar-refractivity contribution >= 4 is 19.7 Å². The van der Waals surface area contributed by atoms with E-state index in [1.54, 1.807) is 12.1 Å². The van der Waals surface area contributed by atoms with Crippen LogP contribution in [0.4, 0.5) is 5.69 Å². The summed E-state index contributed by atoms with van der Waals surface area (Å²) < 4.78 is 0. The minimum absolute atomic E-state index is 0.331. The van der Waals surface area contributed by atoms with Crippen molar-refractivity contribution in [1.29, 1.82) is 0 Å². The lowest BCUT2D eigenvalue weighted by molar-refractivity contribution is 0.0697. The molecule has 1 rings (SSSR count). The van der Waals surface area contributed by atoms with Crippen molar-refractivity contribution in [1.82, 2.24) is 0 Å². The van der Waals surface area contributed by atoms with Gasteiger partial charge in [0, 0.05) is 20.3 Å². The van der Waals surface area contributed by atoms with Crippen LogP contribution in [0.1, 0.15) is 16.8 Å². The van der Waals surface area contributed by atoms with Crippen LogP contribution in [0.25, 0.3) is 0 Å². The summed E-state index contributed by atoms with van der Waals surface area (Å²) in [6.07, 6.45) is 1.18. The first-order valence-electron chi connectivity index (χ1n) is 5.96. The quantitative estimate of drug-likeness (QED) is 0.600. The zero-order valence-corrected chi connectivity index (χ0v) is 11.8. The average Bonchev–Trinajstić information content (AvgIpc) is 2.24. The van der Waals surface area contributed by atoms with E-state index in [0.717, 1.165) is 12.2 Å². The van der Waals surface area contributed by atoms with E-state index in [1.807, 2.05) is 12.1 Å². The third-order valence-corrected chi connectivity index (χ3v) is 4.42. The summed E-state index contributed by atoms with van der Waals surface area (Å²) in [5.41, 5.74) is 1.32. The molecule has 94 valence electrons. The van der Waals surface area contributed by atoms with Gasteiger partial charge >= 0.3 is 5.97 Å². The monoisotopic (exact) mass is 251 g/mol. The number of benzene rings is 1. The zero-order chi connectivity index (χ0) is 12.9. The van der Waals surface area contributed by atoms with Crippen molar-refractivity contribution in [3.63, 3.8) is 0 Å². The zero-order valence-electron chi connectivity index (χ0n) is 10.8. The molecule has 0 spiro atoms. The minimum atomic E-state index is -0.937. The molecular weight excluding hydrogens is 230 g/mol. The highest BCUT2D eigenvalue weighted by molar-refractivity contribution is 6.76. The van der Waals surface area contributed by atoms with Gasteiger partial charge in [-0.2, -0.15) is 0 Å². The van der Waals surface area contributed by atoms with E-state index >= 15 is 0 Å². The van der Waals surface area contributed by atoms with Crippen molar-refractivity contribution in [2.75, 3.05) is 11.9 Å². The Hall–Kier alpha value is -1.29. The Morgan fingerprint density at radius 3 is 2.29 bits per heavy atom. The van der Waals surface area contributed by atoms with Gasteiger partial charge in [-0.25, -0.2) is 4.79 Å². The molecule has 1 aromatic carbocycles. The molecule has 0 saturated carbocycles. The Bertz CT molecular complexity index is 368. The lowest BCUT2D eigenvalue weighted by Gasteiger charge is -2.15. The summed E-state index contributed by atoms with van der Waals surface area (Å²) in [7, 11) is -0.937. The van der Waals surface area contributed by atoms with Crippen molar-refractivity contribution in [3.05, 3.63) is 29.8 Å². The van der Waals surface area contributed by atoms with Gasteiger partial charge in [0.25, 0.3) is 0 Å². The van der Waals surface area contributed by atoms with Gasteiger partial charge in [0.1, 0.15) is 0 Å². The van der Waals surface area contributed by atoms with E-state index in [-0.39, 0.29) is 0 Å². The number of rotatable bonds is 6. The SMILES string of the molecule is C[Si](C)(C)CCCNc1ccc(C(=O)O)cc1. The van der Waals surface area contributed by atoms with E-state index in [9.17, 15) is 4.79 Å². The van der Waals surface area contributed by atoms with E-state index in [1.165, 1.54) is 12.5 Å². The third kappa shape index (κ3) is 5.54. The van der Waals surface area contributed by atoms with Gasteiger partial charge in [-0.1, -0.05) is 25.7 Å². The van der Waals surface area contributed by atoms with Gasteiger partial charge in [-0.15, -0.1) is 0 Å². The van der Waals surface area contributed by atoms with Crippen molar-refractivity contribution < 1.29 is 9.90 Å². The maximum Gasteiger partial charge on any atom is 0.335 e. The van der Waals surface area contributed by atoms with Gasteiger partial charge in [0.05, 0.1) is 5.56 Å². The van der Waals surface area contributed by atoms with Gasteiger partial charge in [-0.3, -0.25) is 0 Å². The van der Waals surface area contributed by atoms with Crippen LogP contribution in [-0.4, -0.2) is 25.7 Å². The Balaban J connectivity index is 2.35. The molecule has 0 fully saturated rings. The molecule has 0 aliphatic carbocycles. The number of carbonyl (C=O) groups is 1. The maximum absolute atomic E-state index is 10.7. The Morgan fingerprint density at radius 2 is 1.82 bits per heavy atom. The normalized spacial score (nSPS) is 11.2. The number of aromatic carboxylic acids is 1. The summed E-state index contributed by atoms with van der Waals surface area (Å²) in [5.74, 6) is -0.879. The molecule has 17 heavy (non-hydrogen) atoms. The lowest BCUT2D eigenvalue weighted by Crippen LogP contribution is -2.20. The van der Waals surface area contributed by atoms with Gasteiger partial charge in [-0.05, 0) is 30.7 Å². The molecule has 0 aromatic heterocycles. The van der Waals surface area contributed by atoms with Crippen LogP contribution >= 0.6 is 0 Å². The van der Waals surface area contributed by atoms with E-state index < -0.39 is 14.0 Å². The molecule has 4 heteroatoms. The van der Waals surface area contributed by atoms with Gasteiger partial charge in [0.2, 0.25) is 0 Å². The highest BCUT2D eigenvalue weighted by atomic mass is 28.3. The second-order valence-corrected chi connectivity index (χ2v) is 11.1. The van der Waals surface area contributed by atoms with Gasteiger partial charge in [0.15, 0.2) is 0 Å². The summed E-state index contributed by atoms with van der Waals surface area (Å²) in [4.78, 5) is 10.7. The Labute approximate surface area is 104 Å². The molecule has 2 N–H and O–H groups in total. The molecule has 0 atom stereocenters. The largest absolute Gasteiger partial charge is 0.478 e. The summed E-state index contributed by atoms with van der Waals surface area (Å²) in [5, 5.41) is 12.1. The number of hydrogen-bond donors (Lipinski definition) is 2. The van der Waals surface area contributed by atoms with Crippen LogP contribution < -0.4 is 5.32 Å². The first-order valence-corrected chi connectivity index (χ1v) is 9.66. The van der Waals surface area contributed by atoms with Crippen LogP contribution in [0.3, 0.4) is 0 Å². The molecule has 0 heterocycles. The maximum atomic E-state index is 10.7. The Morgan fingerprint density at radius 1 is 1.24 bits per heavy atom. The second-order valence-electron chi connectivity index (χ2n) is 5.47. The highest BCUT2D eigenvalue weighted by Gasteiger charge is 2.11. The summed E-state index contributed by atoms with van der Waals surface area (Å²) >= 11 is 0.